The molecule has 0 aliphatic carbocycles. The zero-order chi connectivity index (χ0) is 11.1. The minimum atomic E-state index is -1.05. The SMILES string of the molecule is CCOc1cccc(CS(=O)CCO)n1. The Bertz CT molecular complexity index is 330. The maximum atomic E-state index is 11.4. The van der Waals surface area contributed by atoms with Crippen LogP contribution in [-0.2, 0) is 16.6 Å². The third-order valence-electron chi connectivity index (χ3n) is 1.70. The van der Waals surface area contributed by atoms with Crippen molar-refractivity contribution in [1.82, 2.24) is 4.98 Å². The first-order valence-corrected chi connectivity index (χ1v) is 6.29. The largest absolute Gasteiger partial charge is 0.478 e. The number of pyridine rings is 1. The highest BCUT2D eigenvalue weighted by Gasteiger charge is 2.03. The van der Waals surface area contributed by atoms with Gasteiger partial charge in [-0.15, -0.1) is 0 Å². The maximum absolute atomic E-state index is 11.4. The lowest BCUT2D eigenvalue weighted by atomic mass is 10.4. The van der Waals surface area contributed by atoms with Crippen molar-refractivity contribution in [2.45, 2.75) is 12.7 Å². The molecule has 5 heteroatoms. The van der Waals surface area contributed by atoms with Gasteiger partial charge in [-0.1, -0.05) is 6.07 Å². The molecule has 0 spiro atoms. The van der Waals surface area contributed by atoms with Gasteiger partial charge in [-0.25, -0.2) is 4.98 Å². The maximum Gasteiger partial charge on any atom is 0.213 e. The average Bonchev–Trinajstić information content (AvgIpc) is 2.19. The first-order valence-electron chi connectivity index (χ1n) is 4.80. The Hall–Kier alpha value is -0.940. The molecule has 0 fully saturated rings. The van der Waals surface area contributed by atoms with Crippen LogP contribution in [0.1, 0.15) is 12.6 Å². The molecule has 15 heavy (non-hydrogen) atoms. The van der Waals surface area contributed by atoms with E-state index in [2.05, 4.69) is 4.98 Å². The Morgan fingerprint density at radius 3 is 3.00 bits per heavy atom. The van der Waals surface area contributed by atoms with E-state index in [-0.39, 0.29) is 6.61 Å². The van der Waals surface area contributed by atoms with E-state index >= 15 is 0 Å². The van der Waals surface area contributed by atoms with Crippen molar-refractivity contribution in [3.8, 4) is 5.88 Å². The molecule has 0 aliphatic heterocycles. The second-order valence-corrected chi connectivity index (χ2v) is 4.49. The molecule has 1 atom stereocenters. The molecule has 0 bridgehead atoms. The van der Waals surface area contributed by atoms with Gasteiger partial charge in [0.15, 0.2) is 0 Å². The zero-order valence-electron chi connectivity index (χ0n) is 8.68. The van der Waals surface area contributed by atoms with Gasteiger partial charge >= 0.3 is 0 Å². The number of hydrogen-bond acceptors (Lipinski definition) is 4. The van der Waals surface area contributed by atoms with Gasteiger partial charge in [0.2, 0.25) is 5.88 Å². The summed E-state index contributed by atoms with van der Waals surface area (Å²) < 4.78 is 16.6. The smallest absolute Gasteiger partial charge is 0.213 e. The highest BCUT2D eigenvalue weighted by atomic mass is 32.2. The molecule has 0 saturated heterocycles. The Morgan fingerprint density at radius 2 is 2.33 bits per heavy atom. The molecular formula is C10H15NO3S. The highest BCUT2D eigenvalue weighted by Crippen LogP contribution is 2.09. The standard InChI is InChI=1S/C10H15NO3S/c1-2-14-10-5-3-4-9(11-10)8-15(13)7-6-12/h3-5,12H,2,6-8H2,1H3. The lowest BCUT2D eigenvalue weighted by Gasteiger charge is -2.04. The zero-order valence-corrected chi connectivity index (χ0v) is 9.50. The molecule has 0 saturated carbocycles. The van der Waals surface area contributed by atoms with Gasteiger partial charge in [-0.2, -0.15) is 0 Å². The number of aliphatic hydroxyl groups is 1. The summed E-state index contributed by atoms with van der Waals surface area (Å²) in [6.45, 7) is 2.40. The Labute approximate surface area is 91.8 Å². The van der Waals surface area contributed by atoms with E-state index in [1.54, 1.807) is 12.1 Å². The lowest BCUT2D eigenvalue weighted by Crippen LogP contribution is -2.06. The molecule has 1 unspecified atom stereocenters. The summed E-state index contributed by atoms with van der Waals surface area (Å²) in [7, 11) is -1.05. The molecule has 0 aromatic carbocycles. The summed E-state index contributed by atoms with van der Waals surface area (Å²) in [5.41, 5.74) is 0.729. The van der Waals surface area contributed by atoms with Gasteiger partial charge in [0, 0.05) is 22.6 Å². The van der Waals surface area contributed by atoms with E-state index in [0.717, 1.165) is 5.69 Å². The van der Waals surface area contributed by atoms with Crippen molar-refractivity contribution in [1.29, 1.82) is 0 Å². The van der Waals surface area contributed by atoms with E-state index < -0.39 is 10.8 Å². The first kappa shape index (κ1) is 12.1. The summed E-state index contributed by atoms with van der Waals surface area (Å²) >= 11 is 0. The van der Waals surface area contributed by atoms with Gasteiger partial charge < -0.3 is 9.84 Å². The number of hydrogen-bond donors (Lipinski definition) is 1. The Morgan fingerprint density at radius 1 is 1.53 bits per heavy atom. The summed E-state index contributed by atoms with van der Waals surface area (Å²) in [6, 6.07) is 5.39. The van der Waals surface area contributed by atoms with E-state index in [9.17, 15) is 4.21 Å². The molecule has 1 N–H and O–H groups in total. The topological polar surface area (TPSA) is 59.4 Å². The van der Waals surface area contributed by atoms with Gasteiger partial charge in [0.1, 0.15) is 0 Å². The van der Waals surface area contributed by atoms with Crippen LogP contribution in [-0.4, -0.2) is 33.3 Å². The minimum Gasteiger partial charge on any atom is -0.478 e. The van der Waals surface area contributed by atoms with Crippen molar-refractivity contribution in [2.75, 3.05) is 19.0 Å². The number of ether oxygens (including phenoxy) is 1. The highest BCUT2D eigenvalue weighted by molar-refractivity contribution is 7.84. The summed E-state index contributed by atoms with van der Waals surface area (Å²) in [5, 5.41) is 8.62. The van der Waals surface area contributed by atoms with E-state index in [4.69, 9.17) is 9.84 Å². The molecule has 84 valence electrons. The fourth-order valence-corrected chi connectivity index (χ4v) is 1.94. The normalized spacial score (nSPS) is 12.4. The average molecular weight is 229 g/mol. The van der Waals surface area contributed by atoms with Crippen LogP contribution < -0.4 is 4.74 Å². The van der Waals surface area contributed by atoms with Crippen LogP contribution in [0.2, 0.25) is 0 Å². The van der Waals surface area contributed by atoms with Crippen molar-refractivity contribution >= 4 is 10.8 Å². The fraction of sp³-hybridized carbons (Fsp3) is 0.500. The second kappa shape index (κ2) is 6.53. The molecule has 1 rings (SSSR count). The summed E-state index contributed by atoms with van der Waals surface area (Å²) in [5.74, 6) is 1.21. The van der Waals surface area contributed by atoms with Gasteiger partial charge in [-0.05, 0) is 13.0 Å². The predicted molar refractivity (Wildman–Crippen MR) is 59.2 cm³/mol. The molecule has 1 aromatic rings. The number of nitrogens with zero attached hydrogens (tertiary/aromatic N) is 1. The molecule has 4 nitrogen and oxygen atoms in total. The van der Waals surface area contributed by atoms with Crippen LogP contribution in [0.3, 0.4) is 0 Å². The lowest BCUT2D eigenvalue weighted by molar-refractivity contribution is 0.321. The van der Waals surface area contributed by atoms with E-state index in [0.29, 0.717) is 24.0 Å². The third kappa shape index (κ3) is 4.40. The number of rotatable bonds is 6. The molecule has 0 amide bonds. The van der Waals surface area contributed by atoms with E-state index in [1.807, 2.05) is 13.0 Å². The second-order valence-electron chi connectivity index (χ2n) is 2.91. The molecule has 1 aromatic heterocycles. The van der Waals surface area contributed by atoms with Crippen LogP contribution >= 0.6 is 0 Å². The van der Waals surface area contributed by atoms with Gasteiger partial charge in [-0.3, -0.25) is 4.21 Å². The molecular weight excluding hydrogens is 214 g/mol. The Kier molecular flexibility index (Phi) is 5.28. The molecule has 1 heterocycles. The van der Waals surface area contributed by atoms with Gasteiger partial charge in [0.25, 0.3) is 0 Å². The summed E-state index contributed by atoms with van der Waals surface area (Å²) in [6.07, 6.45) is 0. The van der Waals surface area contributed by atoms with Crippen LogP contribution in [0.4, 0.5) is 0 Å². The van der Waals surface area contributed by atoms with Crippen molar-refractivity contribution in [2.24, 2.45) is 0 Å². The van der Waals surface area contributed by atoms with Crippen LogP contribution in [0, 0.1) is 0 Å². The Balaban J connectivity index is 2.60. The van der Waals surface area contributed by atoms with E-state index in [1.165, 1.54) is 0 Å². The third-order valence-corrected chi connectivity index (χ3v) is 2.96. The van der Waals surface area contributed by atoms with Crippen molar-refractivity contribution in [3.63, 3.8) is 0 Å². The van der Waals surface area contributed by atoms with Crippen LogP contribution in [0.5, 0.6) is 5.88 Å². The van der Waals surface area contributed by atoms with Crippen molar-refractivity contribution < 1.29 is 14.1 Å². The fourth-order valence-electron chi connectivity index (χ4n) is 1.11. The van der Waals surface area contributed by atoms with Crippen molar-refractivity contribution in [3.05, 3.63) is 23.9 Å². The van der Waals surface area contributed by atoms with Crippen LogP contribution in [0.15, 0.2) is 18.2 Å². The quantitative estimate of drug-likeness (QED) is 0.781. The minimum absolute atomic E-state index is 0.0578. The van der Waals surface area contributed by atoms with Gasteiger partial charge in [0.05, 0.1) is 24.7 Å². The monoisotopic (exact) mass is 229 g/mol. The number of aromatic nitrogens is 1. The molecule has 0 radical (unpaired) electrons. The summed E-state index contributed by atoms with van der Waals surface area (Å²) in [4.78, 5) is 4.19. The first-order chi connectivity index (χ1) is 7.26. The number of aliphatic hydroxyl groups excluding tert-OH is 1. The predicted octanol–water partition coefficient (Wildman–Crippen LogP) is 0.721. The molecule has 0 aliphatic rings. The van der Waals surface area contributed by atoms with Crippen LogP contribution in [0.25, 0.3) is 0 Å².